The summed E-state index contributed by atoms with van der Waals surface area (Å²) >= 11 is 1.57. The van der Waals surface area contributed by atoms with Gasteiger partial charge >= 0.3 is 0 Å². The summed E-state index contributed by atoms with van der Waals surface area (Å²) in [7, 11) is 0. The van der Waals surface area contributed by atoms with Crippen LogP contribution in [0.2, 0.25) is 0 Å². The minimum atomic E-state index is -0.703. The van der Waals surface area contributed by atoms with Crippen LogP contribution in [0.1, 0.15) is 5.56 Å². The molecule has 4 rings (SSSR count). The molecule has 0 saturated heterocycles. The lowest BCUT2D eigenvalue weighted by Gasteiger charge is -2.01. The topological polar surface area (TPSA) is 42.2 Å². The Kier molecular flexibility index (Phi) is 4.76. The molecule has 4 aromatic rings. The van der Waals surface area contributed by atoms with Gasteiger partial charge in [-0.05, 0) is 35.7 Å². The first-order chi connectivity index (χ1) is 13.2. The van der Waals surface area contributed by atoms with Crippen molar-refractivity contribution >= 4 is 23.2 Å². The summed E-state index contributed by atoms with van der Waals surface area (Å²) in [5.74, 6) is -1.34. The molecular formula is C20H14F2N4S. The molecule has 2 aromatic carbocycles. The Hall–Kier alpha value is -3.32. The van der Waals surface area contributed by atoms with Crippen LogP contribution >= 0.6 is 11.3 Å². The molecule has 134 valence electrons. The van der Waals surface area contributed by atoms with Crippen LogP contribution in [0, 0.1) is 11.6 Å². The highest BCUT2D eigenvalue weighted by Crippen LogP contribution is 2.27. The van der Waals surface area contributed by atoms with Crippen LogP contribution in [-0.4, -0.2) is 16.0 Å². The van der Waals surface area contributed by atoms with Crippen LogP contribution in [0.3, 0.4) is 0 Å². The molecule has 0 aliphatic carbocycles. The molecule has 0 atom stereocenters. The van der Waals surface area contributed by atoms with Gasteiger partial charge in [-0.2, -0.15) is 10.2 Å². The van der Waals surface area contributed by atoms with Crippen molar-refractivity contribution in [3.63, 3.8) is 0 Å². The second-order valence-electron chi connectivity index (χ2n) is 5.68. The number of nitrogens with zero attached hydrogens (tertiary/aromatic N) is 3. The number of para-hydroxylation sites is 1. The van der Waals surface area contributed by atoms with E-state index < -0.39 is 11.6 Å². The Morgan fingerprint density at radius 2 is 1.89 bits per heavy atom. The van der Waals surface area contributed by atoms with Gasteiger partial charge in [0, 0.05) is 17.8 Å². The van der Waals surface area contributed by atoms with Crippen molar-refractivity contribution in [3.8, 4) is 16.3 Å². The lowest BCUT2D eigenvalue weighted by molar-refractivity contribution is 0.585. The van der Waals surface area contributed by atoms with E-state index in [9.17, 15) is 8.78 Å². The molecule has 0 unspecified atom stereocenters. The first-order valence-corrected chi connectivity index (χ1v) is 9.02. The van der Waals surface area contributed by atoms with Crippen molar-refractivity contribution in [2.24, 2.45) is 5.10 Å². The molecule has 0 aliphatic rings. The standard InChI is InChI=1S/C20H14F2N4S/c21-15-8-9-18(17(22)11-15)24-23-12-14-13-26(16-5-2-1-3-6-16)25-20(14)19-7-4-10-27-19/h1-13,24H/b23-12-. The second-order valence-corrected chi connectivity index (χ2v) is 6.63. The molecule has 7 heteroatoms. The van der Waals surface area contributed by atoms with Gasteiger partial charge in [-0.3, -0.25) is 5.43 Å². The zero-order valence-electron chi connectivity index (χ0n) is 14.0. The van der Waals surface area contributed by atoms with Gasteiger partial charge < -0.3 is 0 Å². The monoisotopic (exact) mass is 380 g/mol. The fourth-order valence-corrected chi connectivity index (χ4v) is 3.28. The molecule has 0 aliphatic heterocycles. The summed E-state index contributed by atoms with van der Waals surface area (Å²) in [6.07, 6.45) is 3.43. The summed E-state index contributed by atoms with van der Waals surface area (Å²) in [6, 6.07) is 16.9. The van der Waals surface area contributed by atoms with Gasteiger partial charge in [0.05, 0.1) is 22.5 Å². The Morgan fingerprint density at radius 3 is 2.63 bits per heavy atom. The van der Waals surface area contributed by atoms with Crippen LogP contribution < -0.4 is 5.43 Å². The Balaban J connectivity index is 1.65. The summed E-state index contributed by atoms with van der Waals surface area (Å²) in [6.45, 7) is 0. The average molecular weight is 380 g/mol. The molecule has 0 radical (unpaired) electrons. The number of halogens is 2. The molecule has 4 nitrogen and oxygen atoms in total. The third-order valence-corrected chi connectivity index (χ3v) is 4.71. The lowest BCUT2D eigenvalue weighted by Crippen LogP contribution is -1.94. The predicted molar refractivity (Wildman–Crippen MR) is 104 cm³/mol. The highest BCUT2D eigenvalue weighted by atomic mass is 32.1. The Labute approximate surface area is 158 Å². The zero-order valence-corrected chi connectivity index (χ0v) is 14.8. The summed E-state index contributed by atoms with van der Waals surface area (Å²) in [4.78, 5) is 0.999. The van der Waals surface area contributed by atoms with E-state index in [0.717, 1.165) is 27.9 Å². The molecule has 1 N–H and O–H groups in total. The van der Waals surface area contributed by atoms with Gasteiger partial charge in [-0.25, -0.2) is 13.5 Å². The van der Waals surface area contributed by atoms with E-state index in [4.69, 9.17) is 0 Å². The first-order valence-electron chi connectivity index (χ1n) is 8.14. The third kappa shape index (κ3) is 3.78. The summed E-state index contributed by atoms with van der Waals surface area (Å²) < 4.78 is 28.5. The summed E-state index contributed by atoms with van der Waals surface area (Å²) in [5.41, 5.74) is 5.18. The van der Waals surface area contributed by atoms with Crippen molar-refractivity contribution in [1.82, 2.24) is 9.78 Å². The number of rotatable bonds is 5. The van der Waals surface area contributed by atoms with Crippen LogP contribution in [0.5, 0.6) is 0 Å². The largest absolute Gasteiger partial charge is 0.276 e. The van der Waals surface area contributed by atoms with Crippen LogP contribution in [0.15, 0.2) is 77.3 Å². The van der Waals surface area contributed by atoms with Crippen molar-refractivity contribution in [3.05, 3.63) is 89.4 Å². The molecular weight excluding hydrogens is 366 g/mol. The van der Waals surface area contributed by atoms with Gasteiger partial charge in [-0.15, -0.1) is 11.3 Å². The van der Waals surface area contributed by atoms with E-state index in [1.165, 1.54) is 12.1 Å². The molecule has 0 saturated carbocycles. The van der Waals surface area contributed by atoms with Gasteiger partial charge in [0.2, 0.25) is 0 Å². The maximum absolute atomic E-state index is 13.7. The lowest BCUT2D eigenvalue weighted by atomic mass is 10.2. The van der Waals surface area contributed by atoms with E-state index in [-0.39, 0.29) is 5.69 Å². The highest BCUT2D eigenvalue weighted by molar-refractivity contribution is 7.13. The molecule has 0 amide bonds. The molecule has 0 fully saturated rings. The number of anilines is 1. The number of thiophene rings is 1. The number of benzene rings is 2. The van der Waals surface area contributed by atoms with E-state index in [0.29, 0.717) is 0 Å². The molecule has 27 heavy (non-hydrogen) atoms. The van der Waals surface area contributed by atoms with Gasteiger partial charge in [0.1, 0.15) is 11.5 Å². The number of hydrogen-bond acceptors (Lipinski definition) is 4. The van der Waals surface area contributed by atoms with Crippen LogP contribution in [0.25, 0.3) is 16.3 Å². The van der Waals surface area contributed by atoms with Crippen molar-refractivity contribution in [2.45, 2.75) is 0 Å². The quantitative estimate of drug-likeness (QED) is 0.376. The maximum Gasteiger partial charge on any atom is 0.151 e. The summed E-state index contributed by atoms with van der Waals surface area (Å²) in [5, 5.41) is 10.7. The SMILES string of the molecule is Fc1ccc(N/N=C\c2cn(-c3ccccc3)nc2-c2cccs2)c(F)c1. The number of hydrogen-bond donors (Lipinski definition) is 1. The van der Waals surface area contributed by atoms with E-state index in [1.807, 2.05) is 54.0 Å². The second kappa shape index (κ2) is 7.51. The minimum absolute atomic E-state index is 0.0979. The van der Waals surface area contributed by atoms with Gasteiger partial charge in [0.25, 0.3) is 0 Å². The average Bonchev–Trinajstić information content (AvgIpc) is 3.34. The van der Waals surface area contributed by atoms with Crippen molar-refractivity contribution in [1.29, 1.82) is 0 Å². The third-order valence-electron chi connectivity index (χ3n) is 3.84. The fraction of sp³-hybridized carbons (Fsp3) is 0. The minimum Gasteiger partial charge on any atom is -0.276 e. The van der Waals surface area contributed by atoms with Crippen LogP contribution in [0.4, 0.5) is 14.5 Å². The molecule has 2 aromatic heterocycles. The van der Waals surface area contributed by atoms with Crippen molar-refractivity contribution < 1.29 is 8.78 Å². The number of hydrazone groups is 1. The predicted octanol–water partition coefficient (Wildman–Crippen LogP) is 5.33. The zero-order chi connectivity index (χ0) is 18.6. The Morgan fingerprint density at radius 1 is 1.04 bits per heavy atom. The van der Waals surface area contributed by atoms with Crippen molar-refractivity contribution in [2.75, 3.05) is 5.43 Å². The Bertz CT molecular complexity index is 1070. The number of aromatic nitrogens is 2. The van der Waals surface area contributed by atoms with E-state index in [2.05, 4.69) is 15.6 Å². The van der Waals surface area contributed by atoms with E-state index in [1.54, 1.807) is 22.2 Å². The van der Waals surface area contributed by atoms with Gasteiger partial charge in [-0.1, -0.05) is 24.3 Å². The smallest absolute Gasteiger partial charge is 0.151 e. The number of nitrogens with one attached hydrogen (secondary N) is 1. The highest BCUT2D eigenvalue weighted by Gasteiger charge is 2.12. The normalized spacial score (nSPS) is 11.2. The maximum atomic E-state index is 13.7. The molecule has 0 bridgehead atoms. The van der Waals surface area contributed by atoms with E-state index >= 15 is 0 Å². The molecule has 0 spiro atoms. The first kappa shape index (κ1) is 17.1. The fourth-order valence-electron chi connectivity index (χ4n) is 2.55. The molecule has 2 heterocycles. The van der Waals surface area contributed by atoms with Crippen LogP contribution in [-0.2, 0) is 0 Å². The van der Waals surface area contributed by atoms with Gasteiger partial charge in [0.15, 0.2) is 5.82 Å².